The summed E-state index contributed by atoms with van der Waals surface area (Å²) in [6.07, 6.45) is 0. The highest BCUT2D eigenvalue weighted by Gasteiger charge is 2.17. The molecule has 0 aliphatic carbocycles. The fourth-order valence-corrected chi connectivity index (χ4v) is 1.58. The molecule has 3 nitrogen and oxygen atoms in total. The topological polar surface area (TPSA) is 43.4 Å². The average molecular weight is 303 g/mol. The summed E-state index contributed by atoms with van der Waals surface area (Å²) in [7, 11) is 0. The molecular formula is C12H12BrFO3. The van der Waals surface area contributed by atoms with Crippen LogP contribution in [0.4, 0.5) is 4.39 Å². The normalized spacial score (nSPS) is 12.0. The second kappa shape index (κ2) is 5.91. The van der Waals surface area contributed by atoms with E-state index in [0.717, 1.165) is 6.07 Å². The number of benzene rings is 1. The number of ether oxygens (including phenoxy) is 1. The van der Waals surface area contributed by atoms with E-state index in [0.29, 0.717) is 5.56 Å². The van der Waals surface area contributed by atoms with Gasteiger partial charge in [-0.25, -0.2) is 9.18 Å². The fraction of sp³-hybridized carbons (Fsp3) is 0.333. The Bertz CT molecular complexity index is 445. The van der Waals surface area contributed by atoms with Crippen LogP contribution in [0, 0.1) is 5.82 Å². The molecule has 0 aliphatic rings. The van der Waals surface area contributed by atoms with Gasteiger partial charge in [0.05, 0.1) is 17.0 Å². The molecule has 0 radical (unpaired) electrons. The van der Waals surface area contributed by atoms with Crippen molar-refractivity contribution in [2.45, 2.75) is 18.7 Å². The second-order valence-corrected chi connectivity index (χ2v) is 4.35. The van der Waals surface area contributed by atoms with Gasteiger partial charge in [-0.1, -0.05) is 22.0 Å². The maximum atomic E-state index is 13.6. The van der Waals surface area contributed by atoms with Crippen LogP contribution in [0.15, 0.2) is 18.2 Å². The number of carbonyl (C=O) groups is 2. The zero-order valence-electron chi connectivity index (χ0n) is 9.50. The molecule has 1 aromatic carbocycles. The molecular weight excluding hydrogens is 291 g/mol. The number of rotatable bonds is 4. The lowest BCUT2D eigenvalue weighted by atomic mass is 10.1. The first kappa shape index (κ1) is 13.8. The van der Waals surface area contributed by atoms with Crippen LogP contribution in [0.25, 0.3) is 0 Å². The molecule has 17 heavy (non-hydrogen) atoms. The lowest BCUT2D eigenvalue weighted by Crippen LogP contribution is -2.09. The Morgan fingerprint density at radius 1 is 1.47 bits per heavy atom. The van der Waals surface area contributed by atoms with E-state index >= 15 is 0 Å². The first-order chi connectivity index (χ1) is 7.97. The third-order valence-corrected chi connectivity index (χ3v) is 3.31. The van der Waals surface area contributed by atoms with Crippen LogP contribution >= 0.6 is 15.9 Å². The molecule has 1 aromatic rings. The molecule has 0 saturated carbocycles. The number of esters is 1. The van der Waals surface area contributed by atoms with Gasteiger partial charge in [-0.05, 0) is 31.5 Å². The zero-order chi connectivity index (χ0) is 13.0. The lowest BCUT2D eigenvalue weighted by molar-refractivity contribution is -0.116. The molecule has 0 aromatic heterocycles. The Morgan fingerprint density at radius 2 is 2.12 bits per heavy atom. The SMILES string of the molecule is CCOC(=O)c1ccc(C(Br)C(C)=O)cc1F. The van der Waals surface area contributed by atoms with Gasteiger partial charge in [0, 0.05) is 0 Å². The first-order valence-corrected chi connectivity index (χ1v) is 6.00. The molecule has 0 fully saturated rings. The fourth-order valence-electron chi connectivity index (χ4n) is 1.30. The molecule has 0 saturated heterocycles. The maximum absolute atomic E-state index is 13.6. The Hall–Kier alpha value is -1.23. The summed E-state index contributed by atoms with van der Waals surface area (Å²) >= 11 is 3.14. The van der Waals surface area contributed by atoms with E-state index in [9.17, 15) is 14.0 Å². The van der Waals surface area contributed by atoms with Crippen LogP contribution in [0.3, 0.4) is 0 Å². The lowest BCUT2D eigenvalue weighted by Gasteiger charge is -2.08. The van der Waals surface area contributed by atoms with Crippen molar-refractivity contribution >= 4 is 27.7 Å². The van der Waals surface area contributed by atoms with Crippen molar-refractivity contribution in [2.75, 3.05) is 6.61 Å². The Labute approximate surface area is 107 Å². The van der Waals surface area contributed by atoms with Gasteiger partial charge in [0.15, 0.2) is 0 Å². The summed E-state index contributed by atoms with van der Waals surface area (Å²) in [6.45, 7) is 3.24. The van der Waals surface area contributed by atoms with Gasteiger partial charge in [0.1, 0.15) is 11.6 Å². The molecule has 0 heterocycles. The Kier molecular flexibility index (Phi) is 4.81. The van der Waals surface area contributed by atoms with Gasteiger partial charge >= 0.3 is 5.97 Å². The Balaban J connectivity index is 3.01. The molecule has 1 atom stereocenters. The van der Waals surface area contributed by atoms with Crippen molar-refractivity contribution in [1.29, 1.82) is 0 Å². The molecule has 0 amide bonds. The number of ketones is 1. The molecule has 92 valence electrons. The van der Waals surface area contributed by atoms with Crippen molar-refractivity contribution in [3.8, 4) is 0 Å². The summed E-state index contributed by atoms with van der Waals surface area (Å²) in [5.41, 5.74) is 0.349. The maximum Gasteiger partial charge on any atom is 0.341 e. The van der Waals surface area contributed by atoms with Gasteiger partial charge in [-0.3, -0.25) is 4.79 Å². The van der Waals surface area contributed by atoms with Gasteiger partial charge < -0.3 is 4.74 Å². The number of halogens is 2. The largest absolute Gasteiger partial charge is 0.462 e. The number of hydrogen-bond acceptors (Lipinski definition) is 3. The predicted octanol–water partition coefficient (Wildman–Crippen LogP) is 3.03. The Morgan fingerprint density at radius 3 is 2.59 bits per heavy atom. The molecule has 0 N–H and O–H groups in total. The van der Waals surface area contributed by atoms with E-state index in [2.05, 4.69) is 15.9 Å². The third-order valence-electron chi connectivity index (χ3n) is 2.14. The number of hydrogen-bond donors (Lipinski definition) is 0. The standard InChI is InChI=1S/C12H12BrFO3/c1-3-17-12(16)9-5-4-8(6-10(9)14)11(13)7(2)15/h4-6,11H,3H2,1-2H3. The molecule has 1 rings (SSSR count). The van der Waals surface area contributed by atoms with Crippen molar-refractivity contribution in [1.82, 2.24) is 0 Å². The van der Waals surface area contributed by atoms with E-state index in [1.165, 1.54) is 19.1 Å². The van der Waals surface area contributed by atoms with Gasteiger partial charge in [0.25, 0.3) is 0 Å². The highest BCUT2D eigenvalue weighted by Crippen LogP contribution is 2.25. The molecule has 0 bridgehead atoms. The molecule has 0 spiro atoms. The van der Waals surface area contributed by atoms with Crippen LogP contribution in [0.5, 0.6) is 0 Å². The quantitative estimate of drug-likeness (QED) is 0.634. The predicted molar refractivity (Wildman–Crippen MR) is 64.7 cm³/mol. The summed E-state index contributed by atoms with van der Waals surface area (Å²) < 4.78 is 18.3. The van der Waals surface area contributed by atoms with Gasteiger partial charge in [0.2, 0.25) is 0 Å². The van der Waals surface area contributed by atoms with Gasteiger partial charge in [-0.2, -0.15) is 0 Å². The van der Waals surface area contributed by atoms with Crippen molar-refractivity contribution in [2.24, 2.45) is 0 Å². The highest BCUT2D eigenvalue weighted by atomic mass is 79.9. The summed E-state index contributed by atoms with van der Waals surface area (Å²) in [4.78, 5) is 21.9. The van der Waals surface area contributed by atoms with Crippen molar-refractivity contribution in [3.63, 3.8) is 0 Å². The zero-order valence-corrected chi connectivity index (χ0v) is 11.1. The van der Waals surface area contributed by atoms with Crippen LogP contribution in [-0.4, -0.2) is 18.4 Å². The monoisotopic (exact) mass is 302 g/mol. The number of alkyl halides is 1. The minimum Gasteiger partial charge on any atom is -0.462 e. The van der Waals surface area contributed by atoms with Crippen molar-refractivity contribution in [3.05, 3.63) is 35.1 Å². The number of Topliss-reactive ketones (excluding diaryl/α,β-unsaturated/α-hetero) is 1. The minimum atomic E-state index is -0.703. The van der Waals surface area contributed by atoms with Crippen LogP contribution in [0.1, 0.15) is 34.6 Å². The minimum absolute atomic E-state index is 0.126. The molecule has 1 unspecified atom stereocenters. The summed E-state index contributed by atoms with van der Waals surface area (Å²) in [6, 6.07) is 4.00. The van der Waals surface area contributed by atoms with Crippen LogP contribution < -0.4 is 0 Å². The number of carbonyl (C=O) groups excluding carboxylic acids is 2. The van der Waals surface area contributed by atoms with E-state index in [1.807, 2.05) is 0 Å². The van der Waals surface area contributed by atoms with E-state index in [1.54, 1.807) is 6.92 Å². The summed E-state index contributed by atoms with van der Waals surface area (Å²) in [5.74, 6) is -1.52. The highest BCUT2D eigenvalue weighted by molar-refractivity contribution is 9.09. The molecule has 5 heteroatoms. The van der Waals surface area contributed by atoms with E-state index < -0.39 is 16.6 Å². The average Bonchev–Trinajstić information content (AvgIpc) is 2.27. The smallest absolute Gasteiger partial charge is 0.341 e. The second-order valence-electron chi connectivity index (χ2n) is 3.43. The van der Waals surface area contributed by atoms with E-state index in [-0.39, 0.29) is 18.0 Å². The first-order valence-electron chi connectivity index (χ1n) is 5.08. The third kappa shape index (κ3) is 3.36. The molecule has 0 aliphatic heterocycles. The van der Waals surface area contributed by atoms with Crippen LogP contribution in [-0.2, 0) is 9.53 Å². The van der Waals surface area contributed by atoms with Crippen LogP contribution in [0.2, 0.25) is 0 Å². The van der Waals surface area contributed by atoms with Crippen molar-refractivity contribution < 1.29 is 18.7 Å². The van der Waals surface area contributed by atoms with E-state index in [4.69, 9.17) is 4.74 Å². The van der Waals surface area contributed by atoms with Gasteiger partial charge in [-0.15, -0.1) is 0 Å². The summed E-state index contributed by atoms with van der Waals surface area (Å²) in [5, 5.41) is 0.